The highest BCUT2D eigenvalue weighted by molar-refractivity contribution is 7.13. The van der Waals surface area contributed by atoms with Crippen LogP contribution >= 0.6 is 22.7 Å². The minimum absolute atomic E-state index is 0.194. The normalized spacial score (nSPS) is 15.4. The molecule has 0 spiro atoms. The maximum absolute atomic E-state index is 12.9. The number of benzene rings is 1. The second-order valence-corrected chi connectivity index (χ2v) is 8.30. The molecule has 2 aromatic heterocycles. The minimum atomic E-state index is -4.42. The molecule has 1 aliphatic heterocycles. The summed E-state index contributed by atoms with van der Waals surface area (Å²) in [5.41, 5.74) is -0.104. The van der Waals surface area contributed by atoms with Gasteiger partial charge in [-0.3, -0.25) is 4.79 Å². The van der Waals surface area contributed by atoms with Gasteiger partial charge in [-0.05, 0) is 18.6 Å². The molecule has 0 N–H and O–H groups in total. The molecule has 1 fully saturated rings. The highest BCUT2D eigenvalue weighted by Crippen LogP contribution is 2.33. The Morgan fingerprint density at radius 2 is 1.97 bits per heavy atom. The van der Waals surface area contributed by atoms with E-state index in [-0.39, 0.29) is 11.6 Å². The zero-order valence-electron chi connectivity index (χ0n) is 15.2. The second-order valence-electron chi connectivity index (χ2n) is 6.56. The molecule has 0 saturated carbocycles. The van der Waals surface area contributed by atoms with Crippen molar-refractivity contribution in [2.24, 2.45) is 0 Å². The maximum Gasteiger partial charge on any atom is 0.416 e. The number of anilines is 1. The van der Waals surface area contributed by atoms with Crippen molar-refractivity contribution in [2.45, 2.75) is 12.6 Å². The summed E-state index contributed by atoms with van der Waals surface area (Å²) in [5.74, 6) is -0.194. The van der Waals surface area contributed by atoms with Crippen molar-refractivity contribution >= 4 is 33.7 Å². The van der Waals surface area contributed by atoms with Crippen molar-refractivity contribution in [2.75, 3.05) is 31.1 Å². The molecular formula is C19H17F3N4OS2. The van der Waals surface area contributed by atoms with E-state index < -0.39 is 11.7 Å². The fourth-order valence-electron chi connectivity index (χ4n) is 3.18. The largest absolute Gasteiger partial charge is 0.416 e. The van der Waals surface area contributed by atoms with Crippen LogP contribution in [0.4, 0.5) is 18.3 Å². The lowest BCUT2D eigenvalue weighted by Crippen LogP contribution is -2.35. The van der Waals surface area contributed by atoms with Gasteiger partial charge >= 0.3 is 6.18 Å². The van der Waals surface area contributed by atoms with E-state index in [2.05, 4.69) is 14.9 Å². The SMILES string of the molecule is O=C(c1csc(-c2cccc(C(F)(F)F)c2)n1)N1CCCN(c2nccs2)CC1. The van der Waals surface area contributed by atoms with Gasteiger partial charge in [-0.1, -0.05) is 12.1 Å². The minimum Gasteiger partial charge on any atom is -0.346 e. The van der Waals surface area contributed by atoms with E-state index in [9.17, 15) is 18.0 Å². The molecule has 0 radical (unpaired) electrons. The predicted molar refractivity (Wildman–Crippen MR) is 107 cm³/mol. The summed E-state index contributed by atoms with van der Waals surface area (Å²) in [5, 5.41) is 4.88. The summed E-state index contributed by atoms with van der Waals surface area (Å²) in [7, 11) is 0. The number of carbonyl (C=O) groups is 1. The van der Waals surface area contributed by atoms with Crippen molar-refractivity contribution in [1.29, 1.82) is 0 Å². The first-order chi connectivity index (χ1) is 13.9. The molecule has 1 amide bonds. The summed E-state index contributed by atoms with van der Waals surface area (Å²) in [4.78, 5) is 25.4. The zero-order valence-corrected chi connectivity index (χ0v) is 16.9. The molecule has 5 nitrogen and oxygen atoms in total. The lowest BCUT2D eigenvalue weighted by atomic mass is 10.1. The van der Waals surface area contributed by atoms with Crippen LogP contribution in [0.25, 0.3) is 10.6 Å². The van der Waals surface area contributed by atoms with E-state index in [1.165, 1.54) is 17.4 Å². The molecular weight excluding hydrogens is 421 g/mol. The summed E-state index contributed by atoms with van der Waals surface area (Å²) >= 11 is 2.74. The number of alkyl halides is 3. The highest BCUT2D eigenvalue weighted by Gasteiger charge is 2.31. The molecule has 3 heterocycles. The van der Waals surface area contributed by atoms with Crippen LogP contribution in [0.2, 0.25) is 0 Å². The van der Waals surface area contributed by atoms with Crippen molar-refractivity contribution in [3.8, 4) is 10.6 Å². The molecule has 0 unspecified atom stereocenters. The molecule has 1 aliphatic rings. The first-order valence-electron chi connectivity index (χ1n) is 8.99. The predicted octanol–water partition coefficient (Wildman–Crippen LogP) is 4.64. The van der Waals surface area contributed by atoms with Gasteiger partial charge in [0.05, 0.1) is 5.56 Å². The van der Waals surface area contributed by atoms with E-state index in [0.717, 1.165) is 30.2 Å². The average molecular weight is 439 g/mol. The monoisotopic (exact) mass is 438 g/mol. The smallest absolute Gasteiger partial charge is 0.346 e. The lowest BCUT2D eigenvalue weighted by molar-refractivity contribution is -0.137. The Morgan fingerprint density at radius 1 is 1.10 bits per heavy atom. The third-order valence-corrected chi connectivity index (χ3v) is 6.36. The van der Waals surface area contributed by atoms with Crippen LogP contribution in [0.5, 0.6) is 0 Å². The molecule has 1 saturated heterocycles. The second kappa shape index (κ2) is 8.11. The fraction of sp³-hybridized carbons (Fsp3) is 0.316. The first kappa shape index (κ1) is 19.8. The number of carbonyl (C=O) groups excluding carboxylic acids is 1. The molecule has 4 rings (SSSR count). The summed E-state index contributed by atoms with van der Waals surface area (Å²) in [6.45, 7) is 2.67. The third-order valence-electron chi connectivity index (χ3n) is 4.63. The number of nitrogens with zero attached hydrogens (tertiary/aromatic N) is 4. The zero-order chi connectivity index (χ0) is 20.4. The Balaban J connectivity index is 1.47. The van der Waals surface area contributed by atoms with Crippen LogP contribution in [-0.4, -0.2) is 47.0 Å². The molecule has 29 heavy (non-hydrogen) atoms. The maximum atomic E-state index is 12.9. The topological polar surface area (TPSA) is 49.3 Å². The summed E-state index contributed by atoms with van der Waals surface area (Å²) < 4.78 is 38.8. The average Bonchev–Trinajstić information content (AvgIpc) is 3.35. The molecule has 152 valence electrons. The number of thiazole rings is 2. The Hall–Kier alpha value is -2.46. The Morgan fingerprint density at radius 3 is 2.72 bits per heavy atom. The van der Waals surface area contributed by atoms with Crippen LogP contribution in [-0.2, 0) is 6.18 Å². The van der Waals surface area contributed by atoms with Gasteiger partial charge in [0.25, 0.3) is 5.91 Å². The van der Waals surface area contributed by atoms with E-state index in [1.54, 1.807) is 33.9 Å². The number of hydrogen-bond acceptors (Lipinski definition) is 6. The molecule has 10 heteroatoms. The van der Waals surface area contributed by atoms with Crippen molar-refractivity contribution in [3.05, 3.63) is 52.5 Å². The van der Waals surface area contributed by atoms with Gasteiger partial charge in [0, 0.05) is 48.7 Å². The van der Waals surface area contributed by atoms with Gasteiger partial charge in [-0.15, -0.1) is 22.7 Å². The van der Waals surface area contributed by atoms with Gasteiger partial charge in [0.2, 0.25) is 0 Å². The molecule has 1 aromatic carbocycles. The van der Waals surface area contributed by atoms with Crippen LogP contribution < -0.4 is 4.90 Å². The first-order valence-corrected chi connectivity index (χ1v) is 10.7. The van der Waals surface area contributed by atoms with Gasteiger partial charge in [-0.2, -0.15) is 13.2 Å². The Bertz CT molecular complexity index is 988. The lowest BCUT2D eigenvalue weighted by Gasteiger charge is -2.21. The van der Waals surface area contributed by atoms with Gasteiger partial charge in [-0.25, -0.2) is 9.97 Å². The summed E-state index contributed by atoms with van der Waals surface area (Å²) in [6.07, 6.45) is -1.84. The Kier molecular flexibility index (Phi) is 5.55. The fourth-order valence-corrected chi connectivity index (χ4v) is 4.67. The van der Waals surface area contributed by atoms with Crippen LogP contribution in [0.3, 0.4) is 0 Å². The number of hydrogen-bond donors (Lipinski definition) is 0. The standard InChI is InChI=1S/C19H17F3N4OS2/c20-19(21,22)14-4-1-3-13(11-14)16-24-15(12-29-16)17(27)25-6-2-7-26(9-8-25)18-23-5-10-28-18/h1,3-5,10-12H,2,6-9H2. The van der Waals surface area contributed by atoms with E-state index in [0.29, 0.717) is 30.2 Å². The van der Waals surface area contributed by atoms with Crippen molar-refractivity contribution < 1.29 is 18.0 Å². The number of amides is 1. The van der Waals surface area contributed by atoms with Gasteiger partial charge < -0.3 is 9.80 Å². The van der Waals surface area contributed by atoms with Crippen LogP contribution in [0, 0.1) is 0 Å². The van der Waals surface area contributed by atoms with E-state index in [4.69, 9.17) is 0 Å². The molecule has 0 atom stereocenters. The number of rotatable bonds is 3. The molecule has 0 bridgehead atoms. The quantitative estimate of drug-likeness (QED) is 0.598. The van der Waals surface area contributed by atoms with Crippen molar-refractivity contribution in [3.63, 3.8) is 0 Å². The van der Waals surface area contributed by atoms with E-state index in [1.807, 2.05) is 5.38 Å². The highest BCUT2D eigenvalue weighted by atomic mass is 32.1. The van der Waals surface area contributed by atoms with E-state index >= 15 is 0 Å². The van der Waals surface area contributed by atoms with Crippen LogP contribution in [0.15, 0.2) is 41.2 Å². The Labute approximate surface area is 173 Å². The van der Waals surface area contributed by atoms with Gasteiger partial charge in [0.1, 0.15) is 10.7 Å². The number of aromatic nitrogens is 2. The molecule has 0 aliphatic carbocycles. The van der Waals surface area contributed by atoms with Crippen LogP contribution in [0.1, 0.15) is 22.5 Å². The van der Waals surface area contributed by atoms with Gasteiger partial charge in [0.15, 0.2) is 5.13 Å². The molecule has 3 aromatic rings. The summed E-state index contributed by atoms with van der Waals surface area (Å²) in [6, 6.07) is 5.00. The number of halogens is 3. The van der Waals surface area contributed by atoms with Crippen molar-refractivity contribution in [1.82, 2.24) is 14.9 Å². The third kappa shape index (κ3) is 4.43.